The molecule has 0 spiro atoms. The normalized spacial score (nSPS) is 25.8. The highest BCUT2D eigenvalue weighted by atomic mass is 19.1. The molecule has 21 heavy (non-hydrogen) atoms. The zero-order valence-corrected chi connectivity index (χ0v) is 11.8. The van der Waals surface area contributed by atoms with Crippen LogP contribution in [0.3, 0.4) is 0 Å². The lowest BCUT2D eigenvalue weighted by Crippen LogP contribution is -2.50. The van der Waals surface area contributed by atoms with E-state index in [1.807, 2.05) is 37.3 Å². The van der Waals surface area contributed by atoms with Gasteiger partial charge in [-0.3, -0.25) is 0 Å². The topological polar surface area (TPSA) is 21.3 Å². The number of morpholine rings is 1. The van der Waals surface area contributed by atoms with Gasteiger partial charge in [-0.05, 0) is 24.6 Å². The molecule has 0 bridgehead atoms. The van der Waals surface area contributed by atoms with Crippen molar-refractivity contribution in [1.29, 1.82) is 0 Å². The van der Waals surface area contributed by atoms with Crippen molar-refractivity contribution in [1.82, 2.24) is 5.32 Å². The Morgan fingerprint density at radius 2 is 1.71 bits per heavy atom. The SMILES string of the molecule is CC1(c2ccccc2)COC(c2c(F)cccc2F)CN1. The van der Waals surface area contributed by atoms with Crippen molar-refractivity contribution in [2.75, 3.05) is 13.2 Å². The summed E-state index contributed by atoms with van der Waals surface area (Å²) in [6, 6.07) is 13.8. The molecular formula is C17H17F2NO. The molecule has 110 valence electrons. The summed E-state index contributed by atoms with van der Waals surface area (Å²) in [5, 5.41) is 3.36. The maximum absolute atomic E-state index is 13.8. The van der Waals surface area contributed by atoms with Crippen LogP contribution >= 0.6 is 0 Å². The molecule has 4 heteroatoms. The molecule has 1 N–H and O–H groups in total. The first-order chi connectivity index (χ1) is 10.1. The fourth-order valence-electron chi connectivity index (χ4n) is 2.69. The first-order valence-corrected chi connectivity index (χ1v) is 6.96. The van der Waals surface area contributed by atoms with E-state index in [2.05, 4.69) is 5.32 Å². The molecular weight excluding hydrogens is 272 g/mol. The highest BCUT2D eigenvalue weighted by molar-refractivity contribution is 5.27. The molecule has 0 aromatic heterocycles. The zero-order chi connectivity index (χ0) is 14.9. The minimum absolute atomic E-state index is 0.000103. The summed E-state index contributed by atoms with van der Waals surface area (Å²) in [5.74, 6) is -1.13. The summed E-state index contributed by atoms with van der Waals surface area (Å²) in [6.07, 6.45) is -0.608. The Hall–Kier alpha value is -1.78. The molecule has 0 amide bonds. The minimum atomic E-state index is -0.608. The van der Waals surface area contributed by atoms with Gasteiger partial charge < -0.3 is 10.1 Å². The maximum atomic E-state index is 13.8. The molecule has 1 heterocycles. The molecule has 0 radical (unpaired) electrons. The molecule has 0 saturated carbocycles. The third-order valence-electron chi connectivity index (χ3n) is 3.98. The number of halogens is 2. The average molecular weight is 289 g/mol. The predicted octanol–water partition coefficient (Wildman–Crippen LogP) is 3.54. The lowest BCUT2D eigenvalue weighted by molar-refractivity contribution is -0.0339. The van der Waals surface area contributed by atoms with Crippen molar-refractivity contribution < 1.29 is 13.5 Å². The van der Waals surface area contributed by atoms with Crippen LogP contribution in [-0.2, 0) is 10.3 Å². The Morgan fingerprint density at radius 3 is 2.29 bits per heavy atom. The van der Waals surface area contributed by atoms with Gasteiger partial charge in [0.2, 0.25) is 0 Å². The van der Waals surface area contributed by atoms with Crippen molar-refractivity contribution >= 4 is 0 Å². The van der Waals surface area contributed by atoms with Crippen molar-refractivity contribution in [3.05, 3.63) is 71.3 Å². The van der Waals surface area contributed by atoms with E-state index in [4.69, 9.17) is 4.74 Å². The van der Waals surface area contributed by atoms with Gasteiger partial charge in [0, 0.05) is 6.54 Å². The summed E-state index contributed by atoms with van der Waals surface area (Å²) in [6.45, 7) is 2.75. The van der Waals surface area contributed by atoms with E-state index in [1.54, 1.807) is 0 Å². The maximum Gasteiger partial charge on any atom is 0.132 e. The molecule has 3 rings (SSSR count). The Labute approximate surface area is 122 Å². The molecule has 2 aromatic rings. The summed E-state index contributed by atoms with van der Waals surface area (Å²) >= 11 is 0. The number of hydrogen-bond donors (Lipinski definition) is 1. The molecule has 2 nitrogen and oxygen atoms in total. The van der Waals surface area contributed by atoms with Crippen molar-refractivity contribution in [3.8, 4) is 0 Å². The standard InChI is InChI=1S/C17H17F2NO/c1-17(12-6-3-2-4-7-12)11-21-15(10-20-17)16-13(18)8-5-9-14(16)19/h2-9,15,20H,10-11H2,1H3. The second-order valence-corrected chi connectivity index (χ2v) is 5.51. The van der Waals surface area contributed by atoms with Crippen LogP contribution in [0.4, 0.5) is 8.78 Å². The quantitative estimate of drug-likeness (QED) is 0.913. The van der Waals surface area contributed by atoms with Crippen LogP contribution in [-0.4, -0.2) is 13.2 Å². The average Bonchev–Trinajstić information content (AvgIpc) is 2.50. The summed E-state index contributed by atoms with van der Waals surface area (Å²) in [5.41, 5.74) is 0.747. The number of nitrogens with one attached hydrogen (secondary N) is 1. The Balaban J connectivity index is 1.79. The van der Waals surface area contributed by atoms with Gasteiger partial charge in [0.1, 0.15) is 17.7 Å². The highest BCUT2D eigenvalue weighted by Crippen LogP contribution is 2.32. The fraction of sp³-hybridized carbons (Fsp3) is 0.294. The minimum Gasteiger partial charge on any atom is -0.370 e. The highest BCUT2D eigenvalue weighted by Gasteiger charge is 2.35. The monoisotopic (exact) mass is 289 g/mol. The molecule has 0 aliphatic carbocycles. The van der Waals surface area contributed by atoms with E-state index in [1.165, 1.54) is 18.2 Å². The second-order valence-electron chi connectivity index (χ2n) is 5.51. The summed E-state index contributed by atoms with van der Waals surface area (Å²) in [7, 11) is 0. The van der Waals surface area contributed by atoms with Crippen LogP contribution in [0.25, 0.3) is 0 Å². The third-order valence-corrected chi connectivity index (χ3v) is 3.98. The predicted molar refractivity (Wildman–Crippen MR) is 76.8 cm³/mol. The van der Waals surface area contributed by atoms with E-state index in [0.29, 0.717) is 13.2 Å². The fourth-order valence-corrected chi connectivity index (χ4v) is 2.69. The van der Waals surface area contributed by atoms with Gasteiger partial charge in [0.05, 0.1) is 17.7 Å². The van der Waals surface area contributed by atoms with Gasteiger partial charge >= 0.3 is 0 Å². The van der Waals surface area contributed by atoms with Crippen LogP contribution in [0.15, 0.2) is 48.5 Å². The molecule has 1 fully saturated rings. The van der Waals surface area contributed by atoms with Crippen LogP contribution in [0.5, 0.6) is 0 Å². The third kappa shape index (κ3) is 2.69. The Bertz CT molecular complexity index is 602. The number of hydrogen-bond acceptors (Lipinski definition) is 2. The van der Waals surface area contributed by atoms with Gasteiger partial charge in [-0.2, -0.15) is 0 Å². The summed E-state index contributed by atoms with van der Waals surface area (Å²) in [4.78, 5) is 0. The van der Waals surface area contributed by atoms with E-state index in [0.717, 1.165) is 5.56 Å². The van der Waals surface area contributed by atoms with E-state index < -0.39 is 17.7 Å². The lowest BCUT2D eigenvalue weighted by Gasteiger charge is -2.39. The number of ether oxygens (including phenoxy) is 1. The first-order valence-electron chi connectivity index (χ1n) is 6.96. The molecule has 1 aliphatic rings. The molecule has 2 atom stereocenters. The largest absolute Gasteiger partial charge is 0.370 e. The van der Waals surface area contributed by atoms with E-state index in [-0.39, 0.29) is 11.1 Å². The van der Waals surface area contributed by atoms with Gasteiger partial charge in [0.25, 0.3) is 0 Å². The van der Waals surface area contributed by atoms with Crippen LogP contribution in [0.1, 0.15) is 24.2 Å². The zero-order valence-electron chi connectivity index (χ0n) is 11.8. The van der Waals surface area contributed by atoms with Gasteiger partial charge in [-0.1, -0.05) is 36.4 Å². The van der Waals surface area contributed by atoms with Crippen molar-refractivity contribution in [3.63, 3.8) is 0 Å². The van der Waals surface area contributed by atoms with E-state index in [9.17, 15) is 8.78 Å². The van der Waals surface area contributed by atoms with Gasteiger partial charge in [-0.25, -0.2) is 8.78 Å². The van der Waals surface area contributed by atoms with E-state index >= 15 is 0 Å². The Kier molecular flexibility index (Phi) is 3.74. The van der Waals surface area contributed by atoms with Crippen LogP contribution in [0.2, 0.25) is 0 Å². The first kappa shape index (κ1) is 14.2. The number of benzene rings is 2. The lowest BCUT2D eigenvalue weighted by atomic mass is 9.90. The molecule has 2 unspecified atom stereocenters. The number of rotatable bonds is 2. The second kappa shape index (κ2) is 5.54. The smallest absolute Gasteiger partial charge is 0.132 e. The summed E-state index contributed by atoms with van der Waals surface area (Å²) < 4.78 is 33.4. The Morgan fingerprint density at radius 1 is 1.05 bits per heavy atom. The van der Waals surface area contributed by atoms with Crippen molar-refractivity contribution in [2.24, 2.45) is 0 Å². The molecule has 2 aromatic carbocycles. The van der Waals surface area contributed by atoms with Gasteiger partial charge in [0.15, 0.2) is 0 Å². The van der Waals surface area contributed by atoms with Crippen LogP contribution in [0, 0.1) is 11.6 Å². The van der Waals surface area contributed by atoms with Crippen LogP contribution < -0.4 is 5.32 Å². The molecule has 1 saturated heterocycles. The van der Waals surface area contributed by atoms with Crippen molar-refractivity contribution in [2.45, 2.75) is 18.6 Å². The molecule has 1 aliphatic heterocycles. The van der Waals surface area contributed by atoms with Gasteiger partial charge in [-0.15, -0.1) is 0 Å².